The number of benzene rings is 2. The van der Waals surface area contributed by atoms with Gasteiger partial charge in [-0.25, -0.2) is 5.48 Å². The Balaban J connectivity index is 1.83. The van der Waals surface area contributed by atoms with Gasteiger partial charge in [-0.05, 0) is 41.2 Å². The molecule has 0 saturated heterocycles. The monoisotopic (exact) mass is 488 g/mol. The maximum absolute atomic E-state index is 13.3. The zero-order valence-corrected chi connectivity index (χ0v) is 20.5. The van der Waals surface area contributed by atoms with Gasteiger partial charge < -0.3 is 10.6 Å². The largest absolute Gasteiger partial charge is 0.348 e. The van der Waals surface area contributed by atoms with E-state index >= 15 is 0 Å². The Bertz CT molecular complexity index is 1140. The molecule has 36 heavy (non-hydrogen) atoms. The average molecular weight is 489 g/mol. The number of carbonyl (C=O) groups is 3. The highest BCUT2D eigenvalue weighted by Crippen LogP contribution is 2.24. The molecule has 2 aromatic carbocycles. The Labute approximate surface area is 211 Å². The Morgan fingerprint density at radius 2 is 1.53 bits per heavy atom. The van der Waals surface area contributed by atoms with Crippen LogP contribution < -0.4 is 16.1 Å². The van der Waals surface area contributed by atoms with Crippen molar-refractivity contribution in [3.05, 3.63) is 90.3 Å². The SMILES string of the molecule is CC(C)C[C@H](CC(=O)NO)C(=O)NC(C(=O)NCc1ccccn1)c1ccc(-c2ccccc2)cc1. The first-order chi connectivity index (χ1) is 17.4. The quantitative estimate of drug-likeness (QED) is 0.242. The van der Waals surface area contributed by atoms with E-state index in [1.807, 2.05) is 74.5 Å². The fraction of sp³-hybridized carbons (Fsp3) is 0.286. The number of pyridine rings is 1. The van der Waals surface area contributed by atoms with E-state index in [-0.39, 0.29) is 18.9 Å². The topological polar surface area (TPSA) is 120 Å². The third-order valence-corrected chi connectivity index (χ3v) is 5.75. The minimum atomic E-state index is -0.974. The molecule has 0 saturated carbocycles. The van der Waals surface area contributed by atoms with Gasteiger partial charge in [-0.2, -0.15) is 0 Å². The number of nitrogens with one attached hydrogen (secondary N) is 3. The van der Waals surface area contributed by atoms with Crippen molar-refractivity contribution in [2.24, 2.45) is 11.8 Å². The molecular weight excluding hydrogens is 456 g/mol. The summed E-state index contributed by atoms with van der Waals surface area (Å²) in [5, 5.41) is 14.6. The van der Waals surface area contributed by atoms with Crippen molar-refractivity contribution in [3.8, 4) is 11.1 Å². The third-order valence-electron chi connectivity index (χ3n) is 5.75. The molecule has 1 aromatic heterocycles. The van der Waals surface area contributed by atoms with E-state index in [2.05, 4.69) is 15.6 Å². The van der Waals surface area contributed by atoms with E-state index < -0.39 is 29.7 Å². The molecule has 0 bridgehead atoms. The van der Waals surface area contributed by atoms with Crippen LogP contribution in [0.2, 0.25) is 0 Å². The molecule has 0 aliphatic heterocycles. The van der Waals surface area contributed by atoms with Gasteiger partial charge >= 0.3 is 0 Å². The van der Waals surface area contributed by atoms with Gasteiger partial charge in [0.2, 0.25) is 17.7 Å². The first-order valence-electron chi connectivity index (χ1n) is 11.9. The van der Waals surface area contributed by atoms with Crippen molar-refractivity contribution < 1.29 is 19.6 Å². The lowest BCUT2D eigenvalue weighted by atomic mass is 9.92. The number of nitrogens with zero attached hydrogens (tertiary/aromatic N) is 1. The van der Waals surface area contributed by atoms with Crippen LogP contribution in [0.5, 0.6) is 0 Å². The third kappa shape index (κ3) is 7.74. The van der Waals surface area contributed by atoms with E-state index in [1.54, 1.807) is 23.8 Å². The zero-order valence-electron chi connectivity index (χ0n) is 20.5. The first kappa shape index (κ1) is 26.6. The average Bonchev–Trinajstić information content (AvgIpc) is 2.90. The second-order valence-electron chi connectivity index (χ2n) is 9.03. The molecule has 0 fully saturated rings. The summed E-state index contributed by atoms with van der Waals surface area (Å²) in [5.74, 6) is -2.05. The molecule has 1 heterocycles. The Hall–Kier alpha value is -4.04. The van der Waals surface area contributed by atoms with Crippen LogP contribution in [0.15, 0.2) is 79.0 Å². The summed E-state index contributed by atoms with van der Waals surface area (Å²) in [6.45, 7) is 4.09. The zero-order chi connectivity index (χ0) is 25.9. The molecular formula is C28H32N4O4. The lowest BCUT2D eigenvalue weighted by Crippen LogP contribution is -2.43. The van der Waals surface area contributed by atoms with Crippen LogP contribution in [0, 0.1) is 11.8 Å². The molecule has 3 aromatic rings. The summed E-state index contributed by atoms with van der Waals surface area (Å²) in [4.78, 5) is 42.5. The van der Waals surface area contributed by atoms with Crippen LogP contribution in [-0.2, 0) is 20.9 Å². The first-order valence-corrected chi connectivity index (χ1v) is 11.9. The summed E-state index contributed by atoms with van der Waals surface area (Å²) in [7, 11) is 0. The van der Waals surface area contributed by atoms with E-state index in [4.69, 9.17) is 5.21 Å². The molecule has 3 rings (SSSR count). The molecule has 188 valence electrons. The van der Waals surface area contributed by atoms with Crippen molar-refractivity contribution in [1.29, 1.82) is 0 Å². The van der Waals surface area contributed by atoms with Crippen molar-refractivity contribution in [1.82, 2.24) is 21.1 Å². The van der Waals surface area contributed by atoms with Gasteiger partial charge in [0.05, 0.1) is 12.2 Å². The maximum atomic E-state index is 13.3. The van der Waals surface area contributed by atoms with E-state index in [0.29, 0.717) is 17.7 Å². The molecule has 3 amide bonds. The standard InChI is InChI=1S/C28H32N4O4/c1-19(2)16-23(17-25(33)32-36)27(34)31-26(28(35)30-18-24-10-6-7-15-29-24)22-13-11-21(12-14-22)20-8-4-3-5-9-20/h3-15,19,23,26,36H,16-18H2,1-2H3,(H,30,35)(H,31,34)(H,32,33)/t23-,26?/m1/s1. The summed E-state index contributed by atoms with van der Waals surface area (Å²) in [5.41, 5.74) is 4.90. The predicted molar refractivity (Wildman–Crippen MR) is 136 cm³/mol. The van der Waals surface area contributed by atoms with Gasteiger partial charge in [0.25, 0.3) is 0 Å². The van der Waals surface area contributed by atoms with E-state index in [0.717, 1.165) is 11.1 Å². The van der Waals surface area contributed by atoms with Crippen LogP contribution >= 0.6 is 0 Å². The molecule has 4 N–H and O–H groups in total. The number of rotatable bonds is 11. The molecule has 8 heteroatoms. The molecule has 0 radical (unpaired) electrons. The number of hydrogen-bond acceptors (Lipinski definition) is 5. The second kappa shape index (κ2) is 13.2. The number of amides is 3. The number of aromatic nitrogens is 1. The Morgan fingerprint density at radius 1 is 0.861 bits per heavy atom. The van der Waals surface area contributed by atoms with Gasteiger partial charge in [-0.3, -0.25) is 24.6 Å². The smallest absolute Gasteiger partial charge is 0.247 e. The minimum absolute atomic E-state index is 0.133. The summed E-state index contributed by atoms with van der Waals surface area (Å²) < 4.78 is 0. The van der Waals surface area contributed by atoms with Gasteiger partial charge in [-0.15, -0.1) is 0 Å². The lowest BCUT2D eigenvalue weighted by Gasteiger charge is -2.23. The minimum Gasteiger partial charge on any atom is -0.348 e. The second-order valence-corrected chi connectivity index (χ2v) is 9.03. The van der Waals surface area contributed by atoms with E-state index in [1.165, 1.54) is 0 Å². The number of hydroxylamine groups is 1. The van der Waals surface area contributed by atoms with Crippen LogP contribution in [0.4, 0.5) is 0 Å². The summed E-state index contributed by atoms with van der Waals surface area (Å²) in [6.07, 6.45) is 1.88. The molecule has 0 spiro atoms. The predicted octanol–water partition coefficient (Wildman–Crippen LogP) is 3.78. The Morgan fingerprint density at radius 3 is 2.14 bits per heavy atom. The highest BCUT2D eigenvalue weighted by Gasteiger charge is 2.29. The van der Waals surface area contributed by atoms with Gasteiger partial charge in [0, 0.05) is 18.5 Å². The van der Waals surface area contributed by atoms with Gasteiger partial charge in [0.15, 0.2) is 0 Å². The van der Waals surface area contributed by atoms with Crippen molar-refractivity contribution >= 4 is 17.7 Å². The molecule has 1 unspecified atom stereocenters. The highest BCUT2D eigenvalue weighted by molar-refractivity contribution is 5.91. The van der Waals surface area contributed by atoms with Gasteiger partial charge in [0.1, 0.15) is 6.04 Å². The van der Waals surface area contributed by atoms with Gasteiger partial charge in [-0.1, -0.05) is 74.5 Å². The lowest BCUT2D eigenvalue weighted by molar-refractivity contribution is -0.136. The Kier molecular flexibility index (Phi) is 9.71. The van der Waals surface area contributed by atoms with Crippen LogP contribution in [0.1, 0.15) is 44.0 Å². The van der Waals surface area contributed by atoms with Crippen LogP contribution in [0.3, 0.4) is 0 Å². The van der Waals surface area contributed by atoms with Crippen LogP contribution in [-0.4, -0.2) is 27.9 Å². The van der Waals surface area contributed by atoms with Crippen molar-refractivity contribution in [2.45, 2.75) is 39.3 Å². The molecule has 8 nitrogen and oxygen atoms in total. The fourth-order valence-corrected chi connectivity index (χ4v) is 3.96. The summed E-state index contributed by atoms with van der Waals surface area (Å²) >= 11 is 0. The van der Waals surface area contributed by atoms with Crippen LogP contribution in [0.25, 0.3) is 11.1 Å². The molecule has 0 aliphatic carbocycles. The van der Waals surface area contributed by atoms with E-state index in [9.17, 15) is 14.4 Å². The van der Waals surface area contributed by atoms with Crippen molar-refractivity contribution in [2.75, 3.05) is 0 Å². The van der Waals surface area contributed by atoms with Crippen molar-refractivity contribution in [3.63, 3.8) is 0 Å². The fourth-order valence-electron chi connectivity index (χ4n) is 3.96. The number of carbonyl (C=O) groups excluding carboxylic acids is 3. The normalized spacial score (nSPS) is 12.4. The number of hydrogen-bond donors (Lipinski definition) is 4. The highest BCUT2D eigenvalue weighted by atomic mass is 16.5. The molecule has 0 aliphatic rings. The summed E-state index contributed by atoms with van der Waals surface area (Å²) in [6, 6.07) is 21.7. The molecule has 2 atom stereocenters. The maximum Gasteiger partial charge on any atom is 0.247 e.